The fraction of sp³-hybridized carbons (Fsp3) is 0.182. The molecular formula is C11H13N3O. The van der Waals surface area contributed by atoms with Gasteiger partial charge in [-0.05, 0) is 12.1 Å². The van der Waals surface area contributed by atoms with Crippen molar-refractivity contribution in [2.24, 2.45) is 0 Å². The van der Waals surface area contributed by atoms with Crippen LogP contribution >= 0.6 is 0 Å². The molecule has 15 heavy (non-hydrogen) atoms. The first kappa shape index (κ1) is 9.58. The molecular weight excluding hydrogens is 190 g/mol. The molecule has 4 heteroatoms. The molecule has 0 aromatic heterocycles. The molecule has 0 unspecified atom stereocenters. The van der Waals surface area contributed by atoms with Gasteiger partial charge in [0.2, 0.25) is 5.91 Å². The maximum absolute atomic E-state index is 11.0. The third-order valence-corrected chi connectivity index (χ3v) is 2.14. The molecule has 0 fully saturated rings. The maximum Gasteiger partial charge on any atom is 0.245 e. The zero-order chi connectivity index (χ0) is 10.5. The molecule has 78 valence electrons. The summed E-state index contributed by atoms with van der Waals surface area (Å²) in [6.07, 6.45) is 2.39. The van der Waals surface area contributed by atoms with Gasteiger partial charge in [-0.15, -0.1) is 0 Å². The lowest BCUT2D eigenvalue weighted by molar-refractivity contribution is -0.116. The third-order valence-electron chi connectivity index (χ3n) is 2.14. The van der Waals surface area contributed by atoms with Crippen molar-refractivity contribution in [1.82, 2.24) is 10.7 Å². The number of amides is 1. The van der Waals surface area contributed by atoms with Gasteiger partial charge in [0.15, 0.2) is 0 Å². The van der Waals surface area contributed by atoms with Gasteiger partial charge in [0.25, 0.3) is 0 Å². The van der Waals surface area contributed by atoms with Crippen LogP contribution in [0.25, 0.3) is 0 Å². The van der Waals surface area contributed by atoms with Gasteiger partial charge in [-0.25, -0.2) is 0 Å². The Hall–Kier alpha value is -1.97. The van der Waals surface area contributed by atoms with Gasteiger partial charge < -0.3 is 16.2 Å². The van der Waals surface area contributed by atoms with Crippen LogP contribution in [-0.4, -0.2) is 12.5 Å². The number of hydrazine groups is 1. The van der Waals surface area contributed by atoms with Gasteiger partial charge in [-0.3, -0.25) is 4.79 Å². The van der Waals surface area contributed by atoms with Crippen LogP contribution < -0.4 is 16.2 Å². The van der Waals surface area contributed by atoms with Crippen LogP contribution in [0.4, 0.5) is 5.69 Å². The van der Waals surface area contributed by atoms with Crippen molar-refractivity contribution in [2.45, 2.75) is 6.42 Å². The lowest BCUT2D eigenvalue weighted by Gasteiger charge is -2.16. The number of para-hydroxylation sites is 1. The van der Waals surface area contributed by atoms with Crippen molar-refractivity contribution in [3.63, 3.8) is 0 Å². The van der Waals surface area contributed by atoms with E-state index in [2.05, 4.69) is 16.2 Å². The monoisotopic (exact) mass is 203 g/mol. The minimum absolute atomic E-state index is 0.0430. The molecule has 1 aromatic carbocycles. The Labute approximate surface area is 88.3 Å². The van der Waals surface area contributed by atoms with Crippen molar-refractivity contribution in [3.05, 3.63) is 42.1 Å². The second-order valence-corrected chi connectivity index (χ2v) is 3.33. The molecule has 0 radical (unpaired) electrons. The largest absolute Gasteiger partial charge is 0.352 e. The number of rotatable bonds is 3. The van der Waals surface area contributed by atoms with E-state index in [0.29, 0.717) is 6.54 Å². The maximum atomic E-state index is 11.0. The average molecular weight is 203 g/mol. The van der Waals surface area contributed by atoms with Crippen LogP contribution in [0.3, 0.4) is 0 Å². The highest BCUT2D eigenvalue weighted by atomic mass is 16.1. The van der Waals surface area contributed by atoms with Crippen molar-refractivity contribution in [2.75, 3.05) is 12.0 Å². The Kier molecular flexibility index (Phi) is 2.88. The predicted octanol–water partition coefficient (Wildman–Crippen LogP) is 1.01. The van der Waals surface area contributed by atoms with E-state index in [1.807, 2.05) is 30.3 Å². The first-order valence-corrected chi connectivity index (χ1v) is 4.90. The Morgan fingerprint density at radius 1 is 1.13 bits per heavy atom. The van der Waals surface area contributed by atoms with E-state index in [4.69, 9.17) is 0 Å². The first-order valence-electron chi connectivity index (χ1n) is 4.90. The molecule has 2 rings (SSSR count). The Morgan fingerprint density at radius 3 is 2.67 bits per heavy atom. The van der Waals surface area contributed by atoms with Crippen molar-refractivity contribution >= 4 is 11.6 Å². The summed E-state index contributed by atoms with van der Waals surface area (Å²) in [6.45, 7) is 0.689. The molecule has 1 aromatic rings. The van der Waals surface area contributed by atoms with Crippen LogP contribution in [0.1, 0.15) is 6.42 Å². The summed E-state index contributed by atoms with van der Waals surface area (Å²) in [4.78, 5) is 11.0. The quantitative estimate of drug-likeness (QED) is 0.642. The molecule has 0 atom stereocenters. The van der Waals surface area contributed by atoms with Crippen LogP contribution in [0.5, 0.6) is 0 Å². The van der Waals surface area contributed by atoms with E-state index in [0.717, 1.165) is 17.8 Å². The van der Waals surface area contributed by atoms with E-state index >= 15 is 0 Å². The van der Waals surface area contributed by atoms with E-state index in [-0.39, 0.29) is 5.91 Å². The number of hydrogen-bond acceptors (Lipinski definition) is 3. The molecule has 3 N–H and O–H groups in total. The molecule has 0 bridgehead atoms. The zero-order valence-corrected chi connectivity index (χ0v) is 8.29. The first-order chi connectivity index (χ1) is 7.34. The molecule has 4 nitrogen and oxygen atoms in total. The minimum Gasteiger partial charge on any atom is -0.352 e. The highest BCUT2D eigenvalue weighted by Gasteiger charge is 2.07. The van der Waals surface area contributed by atoms with Gasteiger partial charge in [0, 0.05) is 24.7 Å². The number of benzene rings is 1. The van der Waals surface area contributed by atoms with Crippen molar-refractivity contribution < 1.29 is 4.79 Å². The summed E-state index contributed by atoms with van der Waals surface area (Å²) in [5.41, 5.74) is 7.94. The highest BCUT2D eigenvalue weighted by Crippen LogP contribution is 2.05. The summed E-state index contributed by atoms with van der Waals surface area (Å²) in [5.74, 6) is -0.0430. The Bertz CT molecular complexity index is 373. The van der Waals surface area contributed by atoms with Crippen molar-refractivity contribution in [3.8, 4) is 0 Å². The Balaban J connectivity index is 1.91. The fourth-order valence-electron chi connectivity index (χ4n) is 1.37. The molecule has 0 spiro atoms. The van der Waals surface area contributed by atoms with Gasteiger partial charge in [-0.1, -0.05) is 18.2 Å². The summed E-state index contributed by atoms with van der Waals surface area (Å²) >= 11 is 0. The summed E-state index contributed by atoms with van der Waals surface area (Å²) < 4.78 is 0. The lowest BCUT2D eigenvalue weighted by atomic mass is 10.2. The SMILES string of the molecule is O=C1C=C(NNc2ccccc2)CCN1. The summed E-state index contributed by atoms with van der Waals surface area (Å²) in [6, 6.07) is 9.77. The molecule has 1 amide bonds. The number of nitrogens with one attached hydrogen (secondary N) is 3. The second-order valence-electron chi connectivity index (χ2n) is 3.33. The topological polar surface area (TPSA) is 53.2 Å². The number of hydrogen-bond donors (Lipinski definition) is 3. The molecule has 0 aliphatic carbocycles. The number of carbonyl (C=O) groups is 1. The fourth-order valence-corrected chi connectivity index (χ4v) is 1.37. The normalized spacial score (nSPS) is 15.2. The number of anilines is 1. The van der Waals surface area contributed by atoms with E-state index in [9.17, 15) is 4.79 Å². The Morgan fingerprint density at radius 2 is 1.93 bits per heavy atom. The van der Waals surface area contributed by atoms with E-state index in [1.165, 1.54) is 0 Å². The third kappa shape index (κ3) is 2.74. The smallest absolute Gasteiger partial charge is 0.245 e. The zero-order valence-electron chi connectivity index (χ0n) is 8.29. The van der Waals surface area contributed by atoms with Gasteiger partial charge in [0.05, 0.1) is 5.69 Å². The molecule has 1 heterocycles. The van der Waals surface area contributed by atoms with Crippen LogP contribution in [-0.2, 0) is 4.79 Å². The summed E-state index contributed by atoms with van der Waals surface area (Å²) in [7, 11) is 0. The second kappa shape index (κ2) is 4.50. The predicted molar refractivity (Wildman–Crippen MR) is 58.9 cm³/mol. The number of carbonyl (C=O) groups excluding carboxylic acids is 1. The van der Waals surface area contributed by atoms with E-state index < -0.39 is 0 Å². The van der Waals surface area contributed by atoms with Crippen molar-refractivity contribution in [1.29, 1.82) is 0 Å². The van der Waals surface area contributed by atoms with Gasteiger partial charge in [-0.2, -0.15) is 0 Å². The average Bonchev–Trinajstić information content (AvgIpc) is 2.28. The van der Waals surface area contributed by atoms with Crippen LogP contribution in [0.2, 0.25) is 0 Å². The standard InChI is InChI=1S/C11H13N3O/c15-11-8-10(6-7-12-11)14-13-9-4-2-1-3-5-9/h1-5,8,13-14H,6-7H2,(H,12,15). The molecule has 1 aliphatic heterocycles. The van der Waals surface area contributed by atoms with Crippen LogP contribution in [0, 0.1) is 0 Å². The van der Waals surface area contributed by atoms with E-state index in [1.54, 1.807) is 6.08 Å². The van der Waals surface area contributed by atoms with Crippen LogP contribution in [0.15, 0.2) is 42.1 Å². The lowest BCUT2D eigenvalue weighted by Crippen LogP contribution is -2.33. The highest BCUT2D eigenvalue weighted by molar-refractivity contribution is 5.89. The minimum atomic E-state index is -0.0430. The molecule has 1 aliphatic rings. The molecule has 0 saturated carbocycles. The molecule has 0 saturated heterocycles. The summed E-state index contributed by atoms with van der Waals surface area (Å²) in [5, 5.41) is 2.73. The van der Waals surface area contributed by atoms with Gasteiger partial charge >= 0.3 is 0 Å². The van der Waals surface area contributed by atoms with Gasteiger partial charge in [0.1, 0.15) is 0 Å².